The molecule has 7 amide bonds. The Bertz CT molecular complexity index is 2140. The average molecular weight is 1290 g/mol. The number of ether oxygens (including phenoxy) is 3. The molecule has 65 heavy (non-hydrogen) atoms. The number of halogens is 6. The van der Waals surface area contributed by atoms with Gasteiger partial charge in [0.1, 0.15) is 0 Å². The van der Waals surface area contributed by atoms with Gasteiger partial charge in [0.25, 0.3) is 5.91 Å². The van der Waals surface area contributed by atoms with Gasteiger partial charge in [0.05, 0.1) is 17.1 Å². The summed E-state index contributed by atoms with van der Waals surface area (Å²) >= 11 is 16.8. The monoisotopic (exact) mass is 1280 g/mol. The summed E-state index contributed by atoms with van der Waals surface area (Å²) in [5, 5.41) is 11.7. The van der Waals surface area contributed by atoms with Gasteiger partial charge in [-0.3, -0.25) is 19.3 Å². The van der Waals surface area contributed by atoms with Gasteiger partial charge in [-0.05, 0) is 123 Å². The molecule has 5 fully saturated rings. The summed E-state index contributed by atoms with van der Waals surface area (Å²) in [6.45, 7) is 4.66. The van der Waals surface area contributed by atoms with Crippen molar-refractivity contribution in [3.8, 4) is 0 Å². The van der Waals surface area contributed by atoms with E-state index in [0.29, 0.717) is 48.8 Å². The number of carbonyl (C=O) groups is 5. The normalized spacial score (nSPS) is 20.1. The Morgan fingerprint density at radius 1 is 0.508 bits per heavy atom. The topological polar surface area (TPSA) is 146 Å². The van der Waals surface area contributed by atoms with Crippen LogP contribution in [0.15, 0.2) is 115 Å². The summed E-state index contributed by atoms with van der Waals surface area (Å²) < 4.78 is 18.8. The third-order valence-electron chi connectivity index (χ3n) is 10.4. The molecule has 20 heteroatoms. The first-order chi connectivity index (χ1) is 30.3. The van der Waals surface area contributed by atoms with Gasteiger partial charge in [-0.25, -0.2) is 24.3 Å². The van der Waals surface area contributed by atoms with Crippen LogP contribution in [0.1, 0.15) is 38.5 Å². The van der Waals surface area contributed by atoms with Gasteiger partial charge in [-0.2, -0.15) is 12.8 Å². The molecule has 5 heterocycles. The largest absolute Gasteiger partial charge is 2.00 e. The van der Waals surface area contributed by atoms with Crippen molar-refractivity contribution < 1.29 is 60.3 Å². The molecular weight excluding hydrogens is 1240 g/mol. The molecule has 1 atom stereocenters. The molecule has 0 spiro atoms. The van der Waals surface area contributed by atoms with E-state index < -0.39 is 41.4 Å². The quantitative estimate of drug-likeness (QED) is 0.0722. The Hall–Kier alpha value is -2.08. The third kappa shape index (κ3) is 14.0. The number of aliphatic hydroxyl groups is 1. The summed E-state index contributed by atoms with van der Waals surface area (Å²) in [6.07, 6.45) is 7.93. The van der Waals surface area contributed by atoms with Crippen LogP contribution in [-0.2, 0) is 28.6 Å². The number of benzene rings is 4. The number of urea groups is 2. The van der Waals surface area contributed by atoms with Crippen LogP contribution in [0.2, 0.25) is 0 Å². The van der Waals surface area contributed by atoms with Crippen molar-refractivity contribution in [3.05, 3.63) is 121 Å². The summed E-state index contributed by atoms with van der Waals surface area (Å²) in [5.74, 6) is -2.78. The number of rotatable bonds is 5. The molecule has 0 radical (unpaired) electrons. The SMILES string of the molecule is BrC1CCOCC1.O=C1C(=O)N(c2ccc(Br)cc2)C(=O)N1c1ccc(Br)cc1.O=C1N(c2ccc(Br)cc2)C(=O)C(O)(C2CCOCC2)N1c1ccc(Br)cc1.[Br-].[CH-]1CCOCC1.[Mg+2]. The average Bonchev–Trinajstić information content (AvgIpc) is 3.65. The van der Waals surface area contributed by atoms with E-state index in [1.54, 1.807) is 97.1 Å². The number of nitrogens with zero attached hydrogens (tertiary/aromatic N) is 4. The van der Waals surface area contributed by atoms with Crippen LogP contribution in [0.4, 0.5) is 32.3 Å². The second kappa shape index (κ2) is 26.6. The van der Waals surface area contributed by atoms with Crippen molar-refractivity contribution in [2.45, 2.75) is 49.1 Å². The summed E-state index contributed by atoms with van der Waals surface area (Å²) in [4.78, 5) is 68.3. The molecule has 342 valence electrons. The van der Waals surface area contributed by atoms with Gasteiger partial charge in [-0.1, -0.05) is 79.6 Å². The zero-order valence-electron chi connectivity index (χ0n) is 34.9. The second-order valence-electron chi connectivity index (χ2n) is 14.6. The van der Waals surface area contributed by atoms with E-state index in [2.05, 4.69) is 86.1 Å². The number of hydrogen-bond acceptors (Lipinski definition) is 9. The van der Waals surface area contributed by atoms with Gasteiger partial charge in [-0.15, -0.1) is 0 Å². The molecule has 9 rings (SSSR count). The van der Waals surface area contributed by atoms with E-state index >= 15 is 0 Å². The predicted octanol–water partition coefficient (Wildman–Crippen LogP) is 7.20. The van der Waals surface area contributed by atoms with E-state index in [1.165, 1.54) is 17.7 Å². The number of anilines is 4. The number of amides is 7. The zero-order chi connectivity index (χ0) is 45.1. The molecule has 0 bridgehead atoms. The first kappa shape index (κ1) is 55.5. The number of alkyl halides is 1. The molecule has 13 nitrogen and oxygen atoms in total. The maximum Gasteiger partial charge on any atom is 2.00 e. The fourth-order valence-electron chi connectivity index (χ4n) is 7.11. The molecule has 0 aliphatic carbocycles. The minimum atomic E-state index is -1.96. The van der Waals surface area contributed by atoms with E-state index in [4.69, 9.17) is 14.2 Å². The van der Waals surface area contributed by atoms with Crippen molar-refractivity contribution in [1.29, 1.82) is 0 Å². The molecule has 4 aromatic carbocycles. The molecular formula is C45H44Br6MgN4O9. The zero-order valence-corrected chi connectivity index (χ0v) is 45.9. The van der Waals surface area contributed by atoms with Crippen LogP contribution in [0.3, 0.4) is 0 Å². The van der Waals surface area contributed by atoms with E-state index in [-0.39, 0.29) is 40.0 Å². The number of carbonyl (C=O) groups excluding carboxylic acids is 5. The molecule has 0 saturated carbocycles. The third-order valence-corrected chi connectivity index (χ3v) is 13.5. The number of imide groups is 3. The van der Waals surface area contributed by atoms with E-state index in [0.717, 1.165) is 76.7 Å². The Balaban J connectivity index is 0.000000220. The maximum absolute atomic E-state index is 13.4. The molecule has 4 aromatic rings. The Morgan fingerprint density at radius 3 is 1.17 bits per heavy atom. The van der Waals surface area contributed by atoms with Gasteiger partial charge in [0, 0.05) is 74.0 Å². The van der Waals surface area contributed by atoms with E-state index in [1.807, 2.05) is 0 Å². The summed E-state index contributed by atoms with van der Waals surface area (Å²) in [7, 11) is 0. The van der Waals surface area contributed by atoms with Gasteiger partial charge in [0.2, 0.25) is 5.72 Å². The van der Waals surface area contributed by atoms with Crippen molar-refractivity contribution in [1.82, 2.24) is 0 Å². The molecule has 1 unspecified atom stereocenters. The smallest absolute Gasteiger partial charge is 1.00 e. The summed E-state index contributed by atoms with van der Waals surface area (Å²) in [5.41, 5.74) is -0.363. The Morgan fingerprint density at radius 2 is 0.846 bits per heavy atom. The fourth-order valence-corrected chi connectivity index (χ4v) is 8.55. The van der Waals surface area contributed by atoms with E-state index in [9.17, 15) is 29.1 Å². The number of hydrogen-bond donors (Lipinski definition) is 1. The van der Waals surface area contributed by atoms with Crippen molar-refractivity contribution in [2.24, 2.45) is 5.92 Å². The van der Waals surface area contributed by atoms with Crippen molar-refractivity contribution in [2.75, 3.05) is 59.2 Å². The first-order valence-corrected chi connectivity index (χ1v) is 24.2. The van der Waals surface area contributed by atoms with Crippen molar-refractivity contribution >= 4 is 155 Å². The van der Waals surface area contributed by atoms with Crippen LogP contribution < -0.4 is 36.6 Å². The van der Waals surface area contributed by atoms with Crippen LogP contribution in [0.5, 0.6) is 0 Å². The van der Waals surface area contributed by atoms with Gasteiger partial charge >= 0.3 is 46.9 Å². The predicted molar refractivity (Wildman–Crippen MR) is 264 cm³/mol. The minimum Gasteiger partial charge on any atom is -1.00 e. The minimum absolute atomic E-state index is 0. The Labute approximate surface area is 446 Å². The van der Waals surface area contributed by atoms with Crippen molar-refractivity contribution in [3.63, 3.8) is 0 Å². The fraction of sp³-hybridized carbons (Fsp3) is 0.333. The molecule has 1 N–H and O–H groups in total. The molecule has 5 aliphatic rings. The molecule has 0 aromatic heterocycles. The second-order valence-corrected chi connectivity index (χ2v) is 19.6. The molecule has 5 saturated heterocycles. The molecule has 5 aliphatic heterocycles. The summed E-state index contributed by atoms with van der Waals surface area (Å²) in [6, 6.07) is 25.8. The van der Waals surface area contributed by atoms with Crippen LogP contribution >= 0.6 is 79.6 Å². The maximum atomic E-state index is 13.4. The van der Waals surface area contributed by atoms with Gasteiger partial charge in [0.15, 0.2) is 0 Å². The standard InChI is InChI=1S/C20H18Br2N2O4.C15H8Br2N2O3.C5H9BrO.C5H9O.BrH.Mg/c21-14-1-5-16(6-2-14)23-18(25)20(27,13-9-11-28-12-10-13)24(19(23)26)17-7-3-15(22)4-8-17;16-9-1-5-11(6-2-9)18-13(20)14(21)19(15(18)22)12-7-3-10(17)4-8-12;6-5-1-3-7-4-2-5;1-2-4-6-5-3-1;;/h1-8,13,27H,9-12H2;1-8H;5H,1-4H2;1H,2-5H2;1H;/q;;;-1;;+2/p-1. The van der Waals surface area contributed by atoms with Crippen LogP contribution in [0.25, 0.3) is 0 Å². The first-order valence-electron chi connectivity index (χ1n) is 20.2. The van der Waals surface area contributed by atoms with Crippen LogP contribution in [0, 0.1) is 12.3 Å². The van der Waals surface area contributed by atoms with Gasteiger partial charge < -0.3 is 42.7 Å². The Kier molecular flexibility index (Phi) is 22.7. The van der Waals surface area contributed by atoms with Crippen LogP contribution in [-0.4, -0.2) is 108 Å².